The molecular formula is C26H17FN4O3. The van der Waals surface area contributed by atoms with Crippen LogP contribution >= 0.6 is 0 Å². The molecule has 34 heavy (non-hydrogen) atoms. The van der Waals surface area contributed by atoms with E-state index in [1.54, 1.807) is 42.1 Å². The van der Waals surface area contributed by atoms with Crippen LogP contribution in [-0.4, -0.2) is 21.2 Å². The molecule has 2 heterocycles. The van der Waals surface area contributed by atoms with Crippen LogP contribution in [-0.2, 0) is 0 Å². The molecule has 8 heteroatoms. The molecule has 5 aromatic rings. The van der Waals surface area contributed by atoms with Crippen molar-refractivity contribution in [3.63, 3.8) is 0 Å². The summed E-state index contributed by atoms with van der Waals surface area (Å²) in [5.41, 5.74) is 1.23. The fourth-order valence-corrected chi connectivity index (χ4v) is 3.66. The number of ether oxygens (including phenoxy) is 2. The van der Waals surface area contributed by atoms with Crippen LogP contribution in [0.2, 0.25) is 0 Å². The number of rotatable bonds is 5. The maximum absolute atomic E-state index is 13.8. The number of nitrogens with zero attached hydrogens (tertiary/aromatic N) is 4. The first-order chi connectivity index (χ1) is 16.6. The lowest BCUT2D eigenvalue weighted by Gasteiger charge is -2.14. The first-order valence-electron chi connectivity index (χ1n) is 10.3. The minimum atomic E-state index is -0.467. The third kappa shape index (κ3) is 3.65. The van der Waals surface area contributed by atoms with Gasteiger partial charge in [-0.25, -0.2) is 8.96 Å². The Morgan fingerprint density at radius 1 is 0.912 bits per heavy atom. The van der Waals surface area contributed by atoms with Gasteiger partial charge in [-0.05, 0) is 60.7 Å². The smallest absolute Gasteiger partial charge is 0.310 e. The lowest BCUT2D eigenvalue weighted by molar-refractivity contribution is 0.408. The van der Waals surface area contributed by atoms with Crippen LogP contribution < -0.4 is 15.0 Å². The lowest BCUT2D eigenvalue weighted by Crippen LogP contribution is -2.23. The Morgan fingerprint density at radius 2 is 1.59 bits per heavy atom. The van der Waals surface area contributed by atoms with Crippen LogP contribution in [0.4, 0.5) is 4.39 Å². The lowest BCUT2D eigenvalue weighted by atomic mass is 10.3. The van der Waals surface area contributed by atoms with Gasteiger partial charge in [0.1, 0.15) is 34.4 Å². The normalized spacial score (nSPS) is 10.7. The van der Waals surface area contributed by atoms with E-state index in [2.05, 4.69) is 11.1 Å². The number of halogens is 1. The molecule has 7 nitrogen and oxygen atoms in total. The Bertz CT molecular complexity index is 1580. The number of para-hydroxylation sites is 1. The van der Waals surface area contributed by atoms with Gasteiger partial charge in [-0.3, -0.25) is 4.79 Å². The zero-order valence-corrected chi connectivity index (χ0v) is 18.0. The van der Waals surface area contributed by atoms with Crippen molar-refractivity contribution in [1.82, 2.24) is 14.1 Å². The van der Waals surface area contributed by atoms with Gasteiger partial charge in [-0.1, -0.05) is 18.2 Å². The molecule has 0 aliphatic heterocycles. The molecule has 0 amide bonds. The summed E-state index contributed by atoms with van der Waals surface area (Å²) in [6, 6.07) is 23.4. The summed E-state index contributed by atoms with van der Waals surface area (Å²) in [6.07, 6.45) is 1.57. The fourth-order valence-electron chi connectivity index (χ4n) is 3.66. The van der Waals surface area contributed by atoms with Gasteiger partial charge in [0, 0.05) is 11.9 Å². The SMILES string of the molecule is COc1ccc(Oc2nc3c(C#N)cn(-c4ccccc4)c3c(=O)n2-c2ccc(F)cc2)cc1. The second-order valence-electron chi connectivity index (χ2n) is 7.35. The quantitative estimate of drug-likeness (QED) is 0.375. The highest BCUT2D eigenvalue weighted by atomic mass is 19.1. The summed E-state index contributed by atoms with van der Waals surface area (Å²) in [7, 11) is 1.55. The maximum atomic E-state index is 13.8. The fraction of sp³-hybridized carbons (Fsp3) is 0.0385. The number of benzene rings is 3. The number of methoxy groups -OCH3 is 1. The summed E-state index contributed by atoms with van der Waals surface area (Å²) in [5.74, 6) is 0.602. The Labute approximate surface area is 193 Å². The molecule has 2 aromatic heterocycles. The number of hydrogen-bond donors (Lipinski definition) is 0. The van der Waals surface area contributed by atoms with Gasteiger partial charge in [0.15, 0.2) is 0 Å². The van der Waals surface area contributed by atoms with Gasteiger partial charge < -0.3 is 14.0 Å². The Balaban J connectivity index is 1.79. The van der Waals surface area contributed by atoms with E-state index in [9.17, 15) is 14.4 Å². The molecule has 166 valence electrons. The molecular weight excluding hydrogens is 435 g/mol. The van der Waals surface area contributed by atoms with E-state index in [0.717, 1.165) is 0 Å². The van der Waals surface area contributed by atoms with Crippen molar-refractivity contribution in [3.05, 3.63) is 107 Å². The van der Waals surface area contributed by atoms with Crippen LogP contribution in [0.5, 0.6) is 17.5 Å². The van der Waals surface area contributed by atoms with Crippen molar-refractivity contribution in [2.75, 3.05) is 7.11 Å². The number of fused-ring (bicyclic) bond motifs is 1. The van der Waals surface area contributed by atoms with Gasteiger partial charge in [0.25, 0.3) is 5.56 Å². The average molecular weight is 452 g/mol. The van der Waals surface area contributed by atoms with Crippen molar-refractivity contribution < 1.29 is 13.9 Å². The molecule has 0 unspecified atom stereocenters. The first-order valence-corrected chi connectivity index (χ1v) is 10.3. The van der Waals surface area contributed by atoms with Crippen molar-refractivity contribution in [1.29, 1.82) is 5.26 Å². The van der Waals surface area contributed by atoms with Crippen molar-refractivity contribution in [2.24, 2.45) is 0 Å². The molecule has 3 aromatic carbocycles. The van der Waals surface area contributed by atoms with E-state index in [1.807, 2.05) is 30.3 Å². The van der Waals surface area contributed by atoms with E-state index in [4.69, 9.17) is 9.47 Å². The van der Waals surface area contributed by atoms with Gasteiger partial charge in [-0.15, -0.1) is 0 Å². The molecule has 0 aliphatic carbocycles. The molecule has 0 radical (unpaired) electrons. The molecule has 5 rings (SSSR count). The second kappa shape index (κ2) is 8.56. The molecule has 0 bridgehead atoms. The molecule has 0 fully saturated rings. The number of aromatic nitrogens is 3. The zero-order chi connectivity index (χ0) is 23.7. The molecule has 0 N–H and O–H groups in total. The van der Waals surface area contributed by atoms with E-state index in [-0.39, 0.29) is 22.6 Å². The van der Waals surface area contributed by atoms with Gasteiger partial charge >= 0.3 is 6.01 Å². The monoisotopic (exact) mass is 452 g/mol. The standard InChI is InChI=1S/C26H17FN4O3/c1-33-21-11-13-22(14-12-21)34-26-29-23-17(15-28)16-30(19-5-3-2-4-6-19)24(23)25(32)31(26)20-9-7-18(27)8-10-20/h2-14,16H,1H3. The summed E-state index contributed by atoms with van der Waals surface area (Å²) >= 11 is 0. The zero-order valence-electron chi connectivity index (χ0n) is 18.0. The molecule has 0 spiro atoms. The summed E-state index contributed by atoms with van der Waals surface area (Å²) < 4.78 is 27.7. The third-order valence-corrected chi connectivity index (χ3v) is 5.29. The predicted molar refractivity (Wildman–Crippen MR) is 124 cm³/mol. The second-order valence-corrected chi connectivity index (χ2v) is 7.35. The molecule has 0 saturated heterocycles. The van der Waals surface area contributed by atoms with E-state index >= 15 is 0 Å². The van der Waals surface area contributed by atoms with Crippen LogP contribution in [0, 0.1) is 17.1 Å². The summed E-state index contributed by atoms with van der Waals surface area (Å²) in [6.45, 7) is 0. The van der Waals surface area contributed by atoms with Gasteiger partial charge in [0.2, 0.25) is 0 Å². The van der Waals surface area contributed by atoms with Crippen LogP contribution in [0.1, 0.15) is 5.56 Å². The highest BCUT2D eigenvalue weighted by molar-refractivity contribution is 5.84. The minimum Gasteiger partial charge on any atom is -0.497 e. The minimum absolute atomic E-state index is 0.0587. The topological polar surface area (TPSA) is 82.1 Å². The summed E-state index contributed by atoms with van der Waals surface area (Å²) in [5, 5.41) is 9.73. The first kappa shape index (κ1) is 21.0. The van der Waals surface area contributed by atoms with Crippen molar-refractivity contribution in [3.8, 4) is 35.0 Å². The number of nitriles is 1. The predicted octanol–water partition coefficient (Wildman–Crippen LogP) is 4.99. The van der Waals surface area contributed by atoms with E-state index in [0.29, 0.717) is 22.9 Å². The van der Waals surface area contributed by atoms with Crippen LogP contribution in [0.3, 0.4) is 0 Å². The maximum Gasteiger partial charge on any atom is 0.310 e. The summed E-state index contributed by atoms with van der Waals surface area (Å²) in [4.78, 5) is 18.4. The average Bonchev–Trinajstić information content (AvgIpc) is 3.25. The largest absolute Gasteiger partial charge is 0.497 e. The Hall–Kier alpha value is -4.90. The highest BCUT2D eigenvalue weighted by Crippen LogP contribution is 2.28. The van der Waals surface area contributed by atoms with Crippen LogP contribution in [0.15, 0.2) is 89.9 Å². The van der Waals surface area contributed by atoms with Gasteiger partial charge in [0.05, 0.1) is 18.4 Å². The Morgan fingerprint density at radius 3 is 2.24 bits per heavy atom. The Kier molecular flexibility index (Phi) is 5.28. The highest BCUT2D eigenvalue weighted by Gasteiger charge is 2.22. The van der Waals surface area contributed by atoms with Crippen molar-refractivity contribution in [2.45, 2.75) is 0 Å². The molecule has 0 saturated carbocycles. The van der Waals surface area contributed by atoms with E-state index < -0.39 is 11.4 Å². The van der Waals surface area contributed by atoms with Crippen LogP contribution in [0.25, 0.3) is 22.4 Å². The number of hydrogen-bond acceptors (Lipinski definition) is 5. The van der Waals surface area contributed by atoms with Crippen molar-refractivity contribution >= 4 is 11.0 Å². The molecule has 0 atom stereocenters. The van der Waals surface area contributed by atoms with E-state index in [1.165, 1.54) is 28.8 Å². The third-order valence-electron chi connectivity index (χ3n) is 5.29. The molecule has 0 aliphatic rings. The van der Waals surface area contributed by atoms with Gasteiger partial charge in [-0.2, -0.15) is 10.2 Å².